The highest BCUT2D eigenvalue weighted by molar-refractivity contribution is 7.47. The summed E-state index contributed by atoms with van der Waals surface area (Å²) in [7, 11) is -9.92. The molecule has 0 saturated carbocycles. The number of carbonyl (C=O) groups is 4. The monoisotopic (exact) mass is 1480 g/mol. The van der Waals surface area contributed by atoms with Crippen molar-refractivity contribution in [3.05, 3.63) is 0 Å². The first-order valence-corrected chi connectivity index (χ1v) is 45.8. The van der Waals surface area contributed by atoms with E-state index in [0.717, 1.165) is 89.9 Å². The van der Waals surface area contributed by atoms with Gasteiger partial charge in [0.1, 0.15) is 19.3 Å². The summed E-state index contributed by atoms with van der Waals surface area (Å²) in [6.45, 7) is 5.04. The van der Waals surface area contributed by atoms with E-state index < -0.39 is 97.5 Å². The third-order valence-electron chi connectivity index (χ3n) is 19.4. The quantitative estimate of drug-likeness (QED) is 0.0222. The lowest BCUT2D eigenvalue weighted by Gasteiger charge is -2.21. The van der Waals surface area contributed by atoms with E-state index in [2.05, 4.69) is 27.7 Å². The lowest BCUT2D eigenvalue weighted by molar-refractivity contribution is -0.161. The Bertz CT molecular complexity index is 1910. The maximum Gasteiger partial charge on any atom is 0.472 e. The molecule has 0 aliphatic rings. The zero-order valence-corrected chi connectivity index (χ0v) is 67.7. The van der Waals surface area contributed by atoms with Crippen LogP contribution in [0.5, 0.6) is 0 Å². The van der Waals surface area contributed by atoms with Crippen LogP contribution < -0.4 is 0 Å². The first-order chi connectivity index (χ1) is 49.2. The molecule has 0 spiro atoms. The van der Waals surface area contributed by atoms with Crippen LogP contribution in [-0.2, 0) is 65.4 Å². The molecule has 600 valence electrons. The molecule has 0 amide bonds. The molecule has 5 atom stereocenters. The van der Waals surface area contributed by atoms with Gasteiger partial charge in [-0.25, -0.2) is 9.13 Å². The van der Waals surface area contributed by atoms with Gasteiger partial charge in [-0.15, -0.1) is 0 Å². The van der Waals surface area contributed by atoms with Crippen molar-refractivity contribution >= 4 is 39.5 Å². The van der Waals surface area contributed by atoms with E-state index >= 15 is 0 Å². The molecule has 0 aromatic carbocycles. The smallest absolute Gasteiger partial charge is 0.462 e. The molecule has 0 aliphatic heterocycles. The summed E-state index contributed by atoms with van der Waals surface area (Å²) in [6.07, 6.45) is 69.2. The molecule has 0 saturated heterocycles. The van der Waals surface area contributed by atoms with E-state index in [0.29, 0.717) is 25.7 Å². The van der Waals surface area contributed by atoms with Gasteiger partial charge >= 0.3 is 39.5 Å². The van der Waals surface area contributed by atoms with Crippen LogP contribution in [0.2, 0.25) is 0 Å². The van der Waals surface area contributed by atoms with Gasteiger partial charge in [-0.2, -0.15) is 0 Å². The van der Waals surface area contributed by atoms with E-state index in [1.165, 1.54) is 276 Å². The van der Waals surface area contributed by atoms with Crippen molar-refractivity contribution in [2.75, 3.05) is 39.6 Å². The molecule has 0 rings (SSSR count). The Morgan fingerprint density at radius 1 is 0.238 bits per heavy atom. The van der Waals surface area contributed by atoms with Crippen LogP contribution in [0.1, 0.15) is 445 Å². The van der Waals surface area contributed by atoms with Gasteiger partial charge in [0.15, 0.2) is 12.2 Å². The van der Waals surface area contributed by atoms with Crippen molar-refractivity contribution in [3.63, 3.8) is 0 Å². The van der Waals surface area contributed by atoms with Crippen LogP contribution in [0.15, 0.2) is 0 Å². The molecule has 0 heterocycles. The van der Waals surface area contributed by atoms with Crippen molar-refractivity contribution in [1.29, 1.82) is 0 Å². The number of phosphoric acid groups is 2. The minimum absolute atomic E-state index is 0.109. The summed E-state index contributed by atoms with van der Waals surface area (Å²) in [4.78, 5) is 73.1. The van der Waals surface area contributed by atoms with Gasteiger partial charge in [0.25, 0.3) is 0 Å². The largest absolute Gasteiger partial charge is 0.472 e. The number of aliphatic hydroxyl groups excluding tert-OH is 1. The van der Waals surface area contributed by atoms with Crippen LogP contribution in [0.25, 0.3) is 0 Å². The van der Waals surface area contributed by atoms with Crippen molar-refractivity contribution in [2.45, 2.75) is 463 Å². The minimum atomic E-state index is -4.96. The maximum atomic E-state index is 13.1. The fourth-order valence-corrected chi connectivity index (χ4v) is 14.4. The van der Waals surface area contributed by atoms with Gasteiger partial charge in [0.2, 0.25) is 0 Å². The Balaban J connectivity index is 5.25. The Hall–Kier alpha value is -1.94. The molecule has 0 radical (unpaired) electrons. The second kappa shape index (κ2) is 76.3. The van der Waals surface area contributed by atoms with Crippen molar-refractivity contribution in [3.8, 4) is 0 Å². The second-order valence-electron chi connectivity index (χ2n) is 29.5. The Morgan fingerprint density at radius 3 is 0.584 bits per heavy atom. The highest BCUT2D eigenvalue weighted by atomic mass is 31.2. The molecule has 2 unspecified atom stereocenters. The Morgan fingerprint density at radius 2 is 0.396 bits per heavy atom. The molecule has 19 heteroatoms. The van der Waals surface area contributed by atoms with Gasteiger partial charge in [-0.3, -0.25) is 37.3 Å². The number of hydrogen-bond donors (Lipinski definition) is 3. The molecule has 0 bridgehead atoms. The molecular weight excluding hydrogens is 1320 g/mol. The fourth-order valence-electron chi connectivity index (χ4n) is 12.8. The van der Waals surface area contributed by atoms with E-state index in [-0.39, 0.29) is 25.7 Å². The van der Waals surface area contributed by atoms with Gasteiger partial charge in [0.05, 0.1) is 26.4 Å². The van der Waals surface area contributed by atoms with Crippen LogP contribution in [0, 0.1) is 0 Å². The summed E-state index contributed by atoms with van der Waals surface area (Å²) >= 11 is 0. The molecule has 17 nitrogen and oxygen atoms in total. The average molecular weight is 1480 g/mol. The summed E-state index contributed by atoms with van der Waals surface area (Å²) in [5.41, 5.74) is 0. The third kappa shape index (κ3) is 76.1. The zero-order chi connectivity index (χ0) is 73.9. The predicted octanol–water partition coefficient (Wildman–Crippen LogP) is 25.0. The number of esters is 4. The lowest BCUT2D eigenvalue weighted by Crippen LogP contribution is -2.30. The topological polar surface area (TPSA) is 237 Å². The molecule has 0 aromatic rings. The van der Waals surface area contributed by atoms with Crippen molar-refractivity contribution in [2.24, 2.45) is 0 Å². The normalized spacial score (nSPS) is 13.8. The molecule has 0 aliphatic carbocycles. The number of ether oxygens (including phenoxy) is 4. The average Bonchev–Trinajstić information content (AvgIpc) is 0.948. The maximum absolute atomic E-state index is 13.1. The summed E-state index contributed by atoms with van der Waals surface area (Å²) in [6, 6.07) is 0. The van der Waals surface area contributed by atoms with E-state index in [9.17, 15) is 43.2 Å². The number of phosphoric ester groups is 2. The fraction of sp³-hybridized carbons (Fsp3) is 0.951. The standard InChI is InChI=1S/C82H160O17P2/c1-5-9-13-17-21-25-29-32-35-38-41-43-47-51-55-59-63-67-80(85)93-73-78(99-82(87)69-65-61-57-53-49-45-42-39-36-33-30-26-22-18-14-10-6-2)75-97-101(90,91)95-71-76(83)70-94-100(88,89)96-74-77(72-92-79(84)66-62-58-54-50-46-28-24-20-16-12-8-4)98-81(86)68-64-60-56-52-48-44-40-37-34-31-27-23-19-15-11-7-3/h76-78,83H,5-75H2,1-4H3,(H,88,89)(H,90,91)/t76-,77+,78+/m0/s1. The highest BCUT2D eigenvalue weighted by Crippen LogP contribution is 2.45. The Labute approximate surface area is 619 Å². The molecule has 0 aromatic heterocycles. The predicted molar refractivity (Wildman–Crippen MR) is 414 cm³/mol. The van der Waals surface area contributed by atoms with E-state index in [1.54, 1.807) is 0 Å². The molecule has 0 fully saturated rings. The summed E-state index contributed by atoms with van der Waals surface area (Å²) in [5.74, 6) is -2.10. The third-order valence-corrected chi connectivity index (χ3v) is 21.3. The van der Waals surface area contributed by atoms with Crippen LogP contribution in [-0.4, -0.2) is 96.7 Å². The van der Waals surface area contributed by atoms with Crippen molar-refractivity contribution in [1.82, 2.24) is 0 Å². The first-order valence-electron chi connectivity index (χ1n) is 42.8. The number of carbonyl (C=O) groups excluding carboxylic acids is 4. The number of hydrogen-bond acceptors (Lipinski definition) is 15. The SMILES string of the molecule is CCCCCCCCCCCCCCCCCCCC(=O)OC[C@H](COP(=O)(O)OC[C@@H](O)COP(=O)(O)OC[C@@H](COC(=O)CCCCCCCCCCCCC)OC(=O)CCCCCCCCCCCCCCCCCC)OC(=O)CCCCCCCCCCCCCCCCCCC. The molecule has 3 N–H and O–H groups in total. The lowest BCUT2D eigenvalue weighted by atomic mass is 10.0. The minimum Gasteiger partial charge on any atom is -0.462 e. The van der Waals surface area contributed by atoms with Crippen LogP contribution in [0.4, 0.5) is 0 Å². The zero-order valence-electron chi connectivity index (χ0n) is 65.9. The number of aliphatic hydroxyl groups is 1. The summed E-state index contributed by atoms with van der Waals surface area (Å²) in [5, 5.41) is 10.7. The second-order valence-corrected chi connectivity index (χ2v) is 32.4. The van der Waals surface area contributed by atoms with Crippen LogP contribution in [0.3, 0.4) is 0 Å². The van der Waals surface area contributed by atoms with Gasteiger partial charge < -0.3 is 33.8 Å². The summed E-state index contributed by atoms with van der Waals surface area (Å²) < 4.78 is 68.8. The number of rotatable bonds is 83. The Kier molecular flexibility index (Phi) is 74.8. The van der Waals surface area contributed by atoms with Crippen LogP contribution >= 0.6 is 15.6 Å². The van der Waals surface area contributed by atoms with E-state index in [1.807, 2.05) is 0 Å². The van der Waals surface area contributed by atoms with E-state index in [4.69, 9.17) is 37.0 Å². The van der Waals surface area contributed by atoms with Crippen molar-refractivity contribution < 1.29 is 80.2 Å². The molecule has 101 heavy (non-hydrogen) atoms. The van der Waals surface area contributed by atoms with Gasteiger partial charge in [-0.1, -0.05) is 394 Å². The molecular formula is C82H160O17P2. The van der Waals surface area contributed by atoms with Gasteiger partial charge in [0, 0.05) is 25.7 Å². The number of unbranched alkanes of at least 4 members (excludes halogenated alkanes) is 57. The highest BCUT2D eigenvalue weighted by Gasteiger charge is 2.30. The van der Waals surface area contributed by atoms with Gasteiger partial charge in [-0.05, 0) is 25.7 Å². The first kappa shape index (κ1) is 99.1.